The Morgan fingerprint density at radius 3 is 2.53 bits per heavy atom. The van der Waals surface area contributed by atoms with E-state index in [1.807, 2.05) is 35.9 Å². The molecule has 2 aliphatic rings. The molecule has 1 aromatic carbocycles. The molecule has 172 valence electrons. The van der Waals surface area contributed by atoms with Crippen molar-refractivity contribution in [3.8, 4) is 22.9 Å². The van der Waals surface area contributed by atoms with E-state index < -0.39 is 0 Å². The second kappa shape index (κ2) is 7.92. The molecule has 0 unspecified atom stereocenters. The maximum Gasteiger partial charge on any atom is 0.321 e. The number of benzene rings is 1. The van der Waals surface area contributed by atoms with E-state index in [0.29, 0.717) is 29.0 Å². The van der Waals surface area contributed by atoms with Crippen LogP contribution in [0.2, 0.25) is 0 Å². The second-order valence-corrected chi connectivity index (χ2v) is 9.54. The molecule has 0 aliphatic heterocycles. The third kappa shape index (κ3) is 3.60. The summed E-state index contributed by atoms with van der Waals surface area (Å²) in [5.41, 5.74) is 17.0. The van der Waals surface area contributed by atoms with E-state index in [2.05, 4.69) is 22.2 Å². The van der Waals surface area contributed by atoms with Crippen molar-refractivity contribution in [2.45, 2.75) is 38.1 Å². The van der Waals surface area contributed by atoms with Gasteiger partial charge in [-0.15, -0.1) is 0 Å². The summed E-state index contributed by atoms with van der Waals surface area (Å²) in [6.07, 6.45) is 13.1. The van der Waals surface area contributed by atoms with Crippen LogP contribution in [0.5, 0.6) is 11.8 Å². The fourth-order valence-corrected chi connectivity index (χ4v) is 5.38. The van der Waals surface area contributed by atoms with E-state index in [0.717, 1.165) is 60.1 Å². The van der Waals surface area contributed by atoms with Crippen LogP contribution in [-0.2, 0) is 7.05 Å². The Morgan fingerprint density at radius 2 is 1.85 bits per heavy atom. The normalized spacial score (nSPS) is 21.9. The van der Waals surface area contributed by atoms with Gasteiger partial charge in [-0.1, -0.05) is 18.2 Å². The standard InChI is InChI=1S/C26H27N7O/c1-33-15-20(16-3-5-19(6-4-16)34-25-29-11-2-12-30-25)21-22(28)31-23(32-24(21)33)17-7-9-26(10-8-17)13-18(27)14-26/h2-7,11-12,15,18H,8-10,13-14,27H2,1H3,(H2,28,31,32). The molecule has 0 bridgehead atoms. The van der Waals surface area contributed by atoms with Crippen molar-refractivity contribution in [3.63, 3.8) is 0 Å². The lowest BCUT2D eigenvalue weighted by molar-refractivity contribution is 0.0932. The maximum atomic E-state index is 6.51. The van der Waals surface area contributed by atoms with Gasteiger partial charge in [0, 0.05) is 37.2 Å². The van der Waals surface area contributed by atoms with Crippen molar-refractivity contribution in [2.24, 2.45) is 18.2 Å². The minimum atomic E-state index is 0.314. The Labute approximate surface area is 197 Å². The number of hydrogen-bond donors (Lipinski definition) is 2. The highest BCUT2D eigenvalue weighted by molar-refractivity contribution is 6.01. The van der Waals surface area contributed by atoms with Crippen molar-refractivity contribution >= 4 is 22.4 Å². The third-order valence-corrected chi connectivity index (χ3v) is 7.14. The SMILES string of the molecule is Cn1cc(-c2ccc(Oc3ncccn3)cc2)c2c(N)nc(C3=CCC4(CC3)CC(N)C4)nc21. The van der Waals surface area contributed by atoms with Crippen LogP contribution in [0, 0.1) is 5.41 Å². The molecule has 8 heteroatoms. The molecule has 1 spiro atoms. The number of aromatic nitrogens is 5. The van der Waals surface area contributed by atoms with Gasteiger partial charge in [0.05, 0.1) is 5.39 Å². The molecule has 4 N–H and O–H groups in total. The van der Waals surface area contributed by atoms with E-state index in [-0.39, 0.29) is 0 Å². The van der Waals surface area contributed by atoms with E-state index >= 15 is 0 Å². The lowest BCUT2D eigenvalue weighted by Gasteiger charge is -2.48. The first-order chi connectivity index (χ1) is 16.5. The quantitative estimate of drug-likeness (QED) is 0.468. The van der Waals surface area contributed by atoms with Gasteiger partial charge < -0.3 is 20.8 Å². The molecule has 2 aliphatic carbocycles. The predicted molar refractivity (Wildman–Crippen MR) is 132 cm³/mol. The smallest absolute Gasteiger partial charge is 0.321 e. The van der Waals surface area contributed by atoms with Gasteiger partial charge in [0.1, 0.15) is 17.2 Å². The van der Waals surface area contributed by atoms with Gasteiger partial charge in [0.25, 0.3) is 0 Å². The largest absolute Gasteiger partial charge is 0.424 e. The third-order valence-electron chi connectivity index (χ3n) is 7.14. The molecular weight excluding hydrogens is 426 g/mol. The van der Waals surface area contributed by atoms with E-state index in [1.165, 1.54) is 5.57 Å². The van der Waals surface area contributed by atoms with Gasteiger partial charge in [-0.3, -0.25) is 0 Å². The Balaban J connectivity index is 1.30. The number of fused-ring (bicyclic) bond motifs is 1. The number of nitrogen functional groups attached to an aromatic ring is 1. The predicted octanol–water partition coefficient (Wildman–Crippen LogP) is 4.47. The van der Waals surface area contributed by atoms with Crippen molar-refractivity contribution in [1.29, 1.82) is 0 Å². The first-order valence-electron chi connectivity index (χ1n) is 11.6. The molecule has 6 rings (SSSR count). The van der Waals surface area contributed by atoms with E-state index in [9.17, 15) is 0 Å². The number of allylic oxidation sites excluding steroid dienone is 2. The number of nitrogens with zero attached hydrogens (tertiary/aromatic N) is 5. The number of nitrogens with two attached hydrogens (primary N) is 2. The summed E-state index contributed by atoms with van der Waals surface area (Å²) < 4.78 is 7.73. The Hall–Kier alpha value is -3.78. The minimum absolute atomic E-state index is 0.314. The summed E-state index contributed by atoms with van der Waals surface area (Å²) in [5.74, 6) is 1.90. The highest BCUT2D eigenvalue weighted by atomic mass is 16.5. The molecule has 4 aromatic rings. The second-order valence-electron chi connectivity index (χ2n) is 9.54. The summed E-state index contributed by atoms with van der Waals surface area (Å²) >= 11 is 0. The van der Waals surface area contributed by atoms with Crippen LogP contribution in [0.4, 0.5) is 5.82 Å². The first-order valence-corrected chi connectivity index (χ1v) is 11.6. The van der Waals surface area contributed by atoms with E-state index in [4.69, 9.17) is 26.2 Å². The fourth-order valence-electron chi connectivity index (χ4n) is 5.38. The van der Waals surface area contributed by atoms with Crippen molar-refractivity contribution in [3.05, 3.63) is 60.8 Å². The molecule has 3 heterocycles. The molecule has 0 saturated heterocycles. The fraction of sp³-hybridized carbons (Fsp3) is 0.308. The first kappa shape index (κ1) is 20.8. The number of ether oxygens (including phenoxy) is 1. The summed E-state index contributed by atoms with van der Waals surface area (Å²) in [5, 5.41) is 0.865. The zero-order valence-electron chi connectivity index (χ0n) is 19.1. The van der Waals surface area contributed by atoms with Crippen molar-refractivity contribution in [2.75, 3.05) is 5.73 Å². The molecule has 34 heavy (non-hydrogen) atoms. The molecule has 1 saturated carbocycles. The zero-order chi connectivity index (χ0) is 23.3. The molecule has 1 fully saturated rings. The highest BCUT2D eigenvalue weighted by Gasteiger charge is 2.43. The number of aryl methyl sites for hydroxylation is 1. The number of anilines is 1. The maximum absolute atomic E-state index is 6.51. The molecule has 3 aromatic heterocycles. The lowest BCUT2D eigenvalue weighted by atomic mass is 9.59. The van der Waals surface area contributed by atoms with Crippen LogP contribution in [0.1, 0.15) is 37.9 Å². The van der Waals surface area contributed by atoms with Gasteiger partial charge in [-0.2, -0.15) is 0 Å². The van der Waals surface area contributed by atoms with Crippen LogP contribution < -0.4 is 16.2 Å². The van der Waals surface area contributed by atoms with Crippen LogP contribution in [-0.4, -0.2) is 30.5 Å². The number of hydrogen-bond acceptors (Lipinski definition) is 7. The average Bonchev–Trinajstić information content (AvgIpc) is 3.17. The van der Waals surface area contributed by atoms with Gasteiger partial charge in [0.2, 0.25) is 0 Å². The van der Waals surface area contributed by atoms with Gasteiger partial charge in [0.15, 0.2) is 5.82 Å². The Kier molecular flexibility index (Phi) is 4.84. The summed E-state index contributed by atoms with van der Waals surface area (Å²) in [6, 6.07) is 10.2. The molecular formula is C26H27N7O. The lowest BCUT2D eigenvalue weighted by Crippen LogP contribution is -2.46. The molecule has 0 radical (unpaired) electrons. The summed E-state index contributed by atoms with van der Waals surface area (Å²) in [7, 11) is 1.99. The molecule has 0 amide bonds. The minimum Gasteiger partial charge on any atom is -0.424 e. The van der Waals surface area contributed by atoms with E-state index in [1.54, 1.807) is 18.5 Å². The number of rotatable bonds is 4. The van der Waals surface area contributed by atoms with Crippen LogP contribution in [0.15, 0.2) is 55.0 Å². The zero-order valence-corrected chi connectivity index (χ0v) is 19.1. The monoisotopic (exact) mass is 453 g/mol. The summed E-state index contributed by atoms with van der Waals surface area (Å²) in [4.78, 5) is 17.8. The summed E-state index contributed by atoms with van der Waals surface area (Å²) in [6.45, 7) is 0. The van der Waals surface area contributed by atoms with Crippen LogP contribution in [0.3, 0.4) is 0 Å². The average molecular weight is 454 g/mol. The van der Waals surface area contributed by atoms with Crippen molar-refractivity contribution in [1.82, 2.24) is 24.5 Å². The van der Waals surface area contributed by atoms with Crippen molar-refractivity contribution < 1.29 is 4.74 Å². The van der Waals surface area contributed by atoms with Gasteiger partial charge >= 0.3 is 6.01 Å². The topological polar surface area (TPSA) is 118 Å². The molecule has 8 nitrogen and oxygen atoms in total. The van der Waals surface area contributed by atoms with Gasteiger partial charge in [-0.25, -0.2) is 19.9 Å². The van der Waals surface area contributed by atoms with Gasteiger partial charge in [-0.05, 0) is 66.9 Å². The molecule has 0 atom stereocenters. The Morgan fingerprint density at radius 1 is 1.09 bits per heavy atom. The Bertz CT molecular complexity index is 1390. The van der Waals surface area contributed by atoms with Crippen LogP contribution >= 0.6 is 0 Å². The van der Waals surface area contributed by atoms with Crippen LogP contribution in [0.25, 0.3) is 27.7 Å². The highest BCUT2D eigenvalue weighted by Crippen LogP contribution is 2.51.